The van der Waals surface area contributed by atoms with E-state index in [0.29, 0.717) is 6.54 Å². The van der Waals surface area contributed by atoms with Gasteiger partial charge >= 0.3 is 6.09 Å². The molecule has 1 saturated heterocycles. The highest BCUT2D eigenvalue weighted by atomic mass is 16.6. The first-order chi connectivity index (χ1) is 8.68. The first-order valence-electron chi connectivity index (χ1n) is 6.34. The highest BCUT2D eigenvalue weighted by Crippen LogP contribution is 2.21. The molecule has 1 aliphatic heterocycles. The van der Waals surface area contributed by atoms with Crippen molar-refractivity contribution in [3.05, 3.63) is 35.9 Å². The number of nitrogens with zero attached hydrogens (tertiary/aromatic N) is 1. The van der Waals surface area contributed by atoms with Crippen molar-refractivity contribution in [1.82, 2.24) is 4.90 Å². The normalized spacial score (nSPS) is 20.8. The molecule has 98 valence electrons. The van der Waals surface area contributed by atoms with Crippen LogP contribution >= 0.6 is 0 Å². The second-order valence-corrected chi connectivity index (χ2v) is 4.68. The van der Waals surface area contributed by atoms with Crippen LogP contribution < -0.4 is 0 Å². The number of amides is 1. The van der Waals surface area contributed by atoms with Gasteiger partial charge in [0.05, 0.1) is 12.1 Å². The molecule has 0 aliphatic carbocycles. The Morgan fingerprint density at radius 3 is 2.89 bits per heavy atom. The zero-order valence-electron chi connectivity index (χ0n) is 10.6. The van der Waals surface area contributed by atoms with E-state index in [1.54, 1.807) is 11.8 Å². The van der Waals surface area contributed by atoms with Crippen molar-refractivity contribution in [3.63, 3.8) is 0 Å². The number of benzene rings is 1. The molecule has 4 heteroatoms. The number of aliphatic hydroxyl groups is 1. The summed E-state index contributed by atoms with van der Waals surface area (Å²) in [6, 6.07) is 9.49. The zero-order valence-corrected chi connectivity index (χ0v) is 10.6. The predicted octanol–water partition coefficient (Wildman–Crippen LogP) is 2.17. The Bertz CT molecular complexity index is 391. The van der Waals surface area contributed by atoms with Gasteiger partial charge in [0.15, 0.2) is 0 Å². The fraction of sp³-hybridized carbons (Fsp3) is 0.500. The number of aliphatic hydroxyl groups excluding tert-OH is 1. The molecule has 1 heterocycles. The minimum atomic E-state index is -0.503. The second kappa shape index (κ2) is 5.87. The van der Waals surface area contributed by atoms with Crippen LogP contribution in [0.15, 0.2) is 30.3 Å². The third kappa shape index (κ3) is 3.01. The van der Waals surface area contributed by atoms with Gasteiger partial charge in [0.2, 0.25) is 0 Å². The van der Waals surface area contributed by atoms with Crippen LogP contribution in [0.5, 0.6) is 0 Å². The Morgan fingerprint density at radius 1 is 1.50 bits per heavy atom. The molecule has 0 bridgehead atoms. The number of likely N-dealkylation sites (tertiary alicyclic amines) is 1. The van der Waals surface area contributed by atoms with Gasteiger partial charge in [-0.15, -0.1) is 0 Å². The standard InChI is InChI=1S/C14H19NO3/c1-11(16)13-8-5-9-15(13)14(17)18-10-12-6-3-2-4-7-12/h2-4,6-7,11,13,16H,5,8-10H2,1H3/t11-,13+/m1/s1. The average Bonchev–Trinajstić information content (AvgIpc) is 2.86. The lowest BCUT2D eigenvalue weighted by atomic mass is 10.1. The molecule has 1 amide bonds. The first kappa shape index (κ1) is 12.9. The van der Waals surface area contributed by atoms with Crippen molar-refractivity contribution in [3.8, 4) is 0 Å². The minimum absolute atomic E-state index is 0.103. The molecule has 1 fully saturated rings. The molecule has 1 aliphatic rings. The Kier molecular flexibility index (Phi) is 4.20. The highest BCUT2D eigenvalue weighted by Gasteiger charge is 2.32. The monoisotopic (exact) mass is 249 g/mol. The van der Waals surface area contributed by atoms with Gasteiger partial charge < -0.3 is 14.7 Å². The van der Waals surface area contributed by atoms with E-state index in [9.17, 15) is 9.90 Å². The SMILES string of the molecule is C[C@@H](O)[C@@H]1CCCN1C(=O)OCc1ccccc1. The van der Waals surface area contributed by atoms with E-state index >= 15 is 0 Å². The molecular weight excluding hydrogens is 230 g/mol. The van der Waals surface area contributed by atoms with Gasteiger partial charge in [0, 0.05) is 6.54 Å². The van der Waals surface area contributed by atoms with E-state index in [0.717, 1.165) is 18.4 Å². The van der Waals surface area contributed by atoms with E-state index < -0.39 is 6.10 Å². The predicted molar refractivity (Wildman–Crippen MR) is 68.0 cm³/mol. The zero-order chi connectivity index (χ0) is 13.0. The number of carbonyl (C=O) groups is 1. The van der Waals surface area contributed by atoms with E-state index in [2.05, 4.69) is 0 Å². The Labute approximate surface area is 107 Å². The van der Waals surface area contributed by atoms with Gasteiger partial charge in [-0.2, -0.15) is 0 Å². The van der Waals surface area contributed by atoms with Gasteiger partial charge in [0.25, 0.3) is 0 Å². The van der Waals surface area contributed by atoms with Gasteiger partial charge in [0.1, 0.15) is 6.61 Å². The highest BCUT2D eigenvalue weighted by molar-refractivity contribution is 5.68. The summed E-state index contributed by atoms with van der Waals surface area (Å²) in [5, 5.41) is 9.61. The molecule has 0 unspecified atom stereocenters. The summed E-state index contributed by atoms with van der Waals surface area (Å²) in [7, 11) is 0. The molecular formula is C14H19NO3. The van der Waals surface area contributed by atoms with Crippen molar-refractivity contribution >= 4 is 6.09 Å². The van der Waals surface area contributed by atoms with E-state index in [-0.39, 0.29) is 18.7 Å². The fourth-order valence-electron chi connectivity index (χ4n) is 2.32. The summed E-state index contributed by atoms with van der Waals surface area (Å²) >= 11 is 0. The maximum atomic E-state index is 11.9. The maximum Gasteiger partial charge on any atom is 0.410 e. The average molecular weight is 249 g/mol. The lowest BCUT2D eigenvalue weighted by Crippen LogP contribution is -2.41. The smallest absolute Gasteiger partial charge is 0.410 e. The lowest BCUT2D eigenvalue weighted by molar-refractivity contribution is 0.0551. The van der Waals surface area contributed by atoms with Crippen molar-refractivity contribution in [2.24, 2.45) is 0 Å². The van der Waals surface area contributed by atoms with Gasteiger partial charge in [-0.1, -0.05) is 30.3 Å². The van der Waals surface area contributed by atoms with Crippen LogP contribution in [-0.4, -0.2) is 34.8 Å². The van der Waals surface area contributed by atoms with E-state index in [1.807, 2.05) is 30.3 Å². The topological polar surface area (TPSA) is 49.8 Å². The Hall–Kier alpha value is -1.55. The molecule has 2 rings (SSSR count). The summed E-state index contributed by atoms with van der Waals surface area (Å²) in [6.07, 6.45) is 0.938. The molecule has 2 atom stereocenters. The number of hydrogen-bond acceptors (Lipinski definition) is 3. The summed E-state index contributed by atoms with van der Waals surface area (Å²) in [4.78, 5) is 13.6. The van der Waals surface area contributed by atoms with Crippen LogP contribution in [0.1, 0.15) is 25.3 Å². The molecule has 4 nitrogen and oxygen atoms in total. The quantitative estimate of drug-likeness (QED) is 0.893. The van der Waals surface area contributed by atoms with Crippen molar-refractivity contribution < 1.29 is 14.6 Å². The fourth-order valence-corrected chi connectivity index (χ4v) is 2.32. The van der Waals surface area contributed by atoms with E-state index in [4.69, 9.17) is 4.74 Å². The Balaban J connectivity index is 1.88. The number of carbonyl (C=O) groups excluding carboxylic acids is 1. The van der Waals surface area contributed by atoms with Crippen LogP contribution in [0, 0.1) is 0 Å². The number of rotatable bonds is 3. The van der Waals surface area contributed by atoms with Crippen LogP contribution in [0.4, 0.5) is 4.79 Å². The summed E-state index contributed by atoms with van der Waals surface area (Å²) in [6.45, 7) is 2.67. The second-order valence-electron chi connectivity index (χ2n) is 4.68. The maximum absolute atomic E-state index is 11.9. The van der Waals surface area contributed by atoms with E-state index in [1.165, 1.54) is 0 Å². The largest absolute Gasteiger partial charge is 0.445 e. The van der Waals surface area contributed by atoms with Crippen molar-refractivity contribution in [2.75, 3.05) is 6.54 Å². The lowest BCUT2D eigenvalue weighted by Gasteiger charge is -2.26. The Morgan fingerprint density at radius 2 is 2.22 bits per heavy atom. The van der Waals surface area contributed by atoms with Gasteiger partial charge in [-0.3, -0.25) is 0 Å². The molecule has 1 N–H and O–H groups in total. The van der Waals surface area contributed by atoms with Crippen LogP contribution in [-0.2, 0) is 11.3 Å². The van der Waals surface area contributed by atoms with Crippen LogP contribution in [0.2, 0.25) is 0 Å². The summed E-state index contributed by atoms with van der Waals surface area (Å²) in [5.74, 6) is 0. The minimum Gasteiger partial charge on any atom is -0.445 e. The van der Waals surface area contributed by atoms with Crippen molar-refractivity contribution in [2.45, 2.75) is 38.5 Å². The molecule has 1 aromatic rings. The molecule has 1 aromatic carbocycles. The first-order valence-corrected chi connectivity index (χ1v) is 6.34. The van der Waals surface area contributed by atoms with Gasteiger partial charge in [-0.25, -0.2) is 4.79 Å². The third-order valence-corrected chi connectivity index (χ3v) is 3.30. The molecule has 0 aromatic heterocycles. The molecule has 0 saturated carbocycles. The molecule has 0 radical (unpaired) electrons. The summed E-state index contributed by atoms with van der Waals surface area (Å²) in [5.41, 5.74) is 0.971. The van der Waals surface area contributed by atoms with Crippen LogP contribution in [0.25, 0.3) is 0 Å². The van der Waals surface area contributed by atoms with Crippen LogP contribution in [0.3, 0.4) is 0 Å². The van der Waals surface area contributed by atoms with Crippen molar-refractivity contribution in [1.29, 1.82) is 0 Å². The third-order valence-electron chi connectivity index (χ3n) is 3.30. The summed E-state index contributed by atoms with van der Waals surface area (Å²) < 4.78 is 5.27. The molecule has 0 spiro atoms. The number of ether oxygens (including phenoxy) is 1. The molecule has 18 heavy (non-hydrogen) atoms. The number of hydrogen-bond donors (Lipinski definition) is 1. The van der Waals surface area contributed by atoms with Gasteiger partial charge in [-0.05, 0) is 25.3 Å².